The summed E-state index contributed by atoms with van der Waals surface area (Å²) in [4.78, 5) is 16.5. The van der Waals surface area contributed by atoms with Gasteiger partial charge in [-0.1, -0.05) is 0 Å². The van der Waals surface area contributed by atoms with E-state index in [4.69, 9.17) is 32.7 Å². The molecule has 0 bridgehead atoms. The maximum atomic E-state index is 8.25. The van der Waals surface area contributed by atoms with Gasteiger partial charge in [-0.3, -0.25) is 0 Å². The van der Waals surface area contributed by atoms with E-state index in [1.54, 1.807) is 0 Å². The second-order valence-corrected chi connectivity index (χ2v) is 0.447. The van der Waals surface area contributed by atoms with Crippen molar-refractivity contribution >= 4 is 0 Å². The van der Waals surface area contributed by atoms with Crippen LogP contribution in [0.3, 0.4) is 0 Å². The molecule has 10 heteroatoms. The van der Waals surface area contributed by atoms with Gasteiger partial charge < -0.3 is 30.6 Å². The molecular weight excluding hydrogens is 279 g/mol. The molecule has 0 radical (unpaired) electrons. The minimum atomic E-state index is -1.75. The van der Waals surface area contributed by atoms with E-state index in [1.807, 2.05) is 0 Å². The number of rotatable bonds is 0. The van der Waals surface area contributed by atoms with Crippen LogP contribution in [0.15, 0.2) is 0 Å². The third-order valence-electron chi connectivity index (χ3n) is 0. The fourth-order valence-corrected chi connectivity index (χ4v) is 0. The fourth-order valence-electron chi connectivity index (χ4n) is 0. The van der Waals surface area contributed by atoms with Gasteiger partial charge in [0.15, 0.2) is 0 Å². The molecule has 0 aliphatic heterocycles. The van der Waals surface area contributed by atoms with Crippen LogP contribution in [-0.2, 0) is 0 Å². The zero-order chi connectivity index (χ0) is 9.15. The Morgan fingerprint density at radius 3 is 0.900 bits per heavy atom. The predicted octanol–water partition coefficient (Wildman–Crippen LogP) is -1.04. The molecule has 0 saturated carbocycles. The van der Waals surface area contributed by atoms with E-state index in [-0.39, 0.29) is 34.3 Å². The van der Waals surface area contributed by atoms with E-state index in [9.17, 15) is 0 Å². The van der Waals surface area contributed by atoms with Gasteiger partial charge in [-0.25, -0.2) is 0 Å². The van der Waals surface area contributed by atoms with Crippen molar-refractivity contribution in [2.24, 2.45) is 0 Å². The van der Waals surface area contributed by atoms with Crippen LogP contribution in [0.4, 0.5) is 0 Å². The van der Waals surface area contributed by atoms with Crippen LogP contribution in [0.1, 0.15) is 0 Å². The topological polar surface area (TPSA) is 153 Å². The first-order valence-corrected chi connectivity index (χ1v) is 2.98. The predicted molar refractivity (Wildman–Crippen MR) is 22.9 cm³/mol. The molecule has 0 unspecified atom stereocenters. The maximum absolute atomic E-state index is 8.25. The molecule has 56 valence electrons. The van der Waals surface area contributed by atoms with Gasteiger partial charge in [-0.2, -0.15) is 0 Å². The van der Waals surface area contributed by atoms with Crippen LogP contribution in [0, 0.1) is 64.9 Å². The first-order chi connectivity index (χ1) is 4.46. The Labute approximate surface area is 77.0 Å². The molecule has 0 aromatic heterocycles. The van der Waals surface area contributed by atoms with Crippen LogP contribution in [0.2, 0.25) is 0 Å². The summed E-state index contributed by atoms with van der Waals surface area (Å²) in [5.74, 6) is 0. The van der Waals surface area contributed by atoms with E-state index in [2.05, 4.69) is 0 Å². The van der Waals surface area contributed by atoms with Crippen LogP contribution in [-0.4, -0.2) is 12.2 Å². The van der Waals surface area contributed by atoms with Crippen molar-refractivity contribution in [1.82, 2.24) is 0 Å². The van der Waals surface area contributed by atoms with Crippen molar-refractivity contribution in [2.45, 2.75) is 0 Å². The summed E-state index contributed by atoms with van der Waals surface area (Å²) in [6.45, 7) is 0. The second-order valence-electron chi connectivity index (χ2n) is 0.447. The fraction of sp³-hybridized carbons (Fsp3) is 0. The van der Waals surface area contributed by atoms with Gasteiger partial charge >= 0.3 is 36.3 Å². The Morgan fingerprint density at radius 2 is 0.900 bits per heavy atom. The average molecular weight is 280 g/mol. The molecule has 0 spiro atoms. The number of hydrogen-bond donors (Lipinski definition) is 1. The van der Waals surface area contributed by atoms with Crippen molar-refractivity contribution in [1.29, 1.82) is 0 Å². The Bertz CT molecular complexity index is 69.6. The third kappa shape index (κ3) is 1640. The van der Waals surface area contributed by atoms with Crippen LogP contribution >= 0.6 is 0 Å². The van der Waals surface area contributed by atoms with E-state index >= 15 is 0 Å². The molecule has 0 amide bonds. The molecule has 9 nitrogen and oxygen atoms in total. The number of nitrogens with zero attached hydrogens (tertiary/aromatic N) is 2. The van der Waals surface area contributed by atoms with Crippen molar-refractivity contribution in [3.8, 4) is 0 Å². The van der Waals surface area contributed by atoms with Crippen LogP contribution in [0.25, 0.3) is 0 Å². The van der Waals surface area contributed by atoms with Gasteiger partial charge in [0.25, 0.3) is 0 Å². The summed E-state index contributed by atoms with van der Waals surface area (Å²) in [5, 5.41) is 29.5. The second kappa shape index (κ2) is 15.8. The standard InChI is InChI=1S/La.2NO3.H2O/c;2*2-1(3)4;/h;;;1H2/q+3;2*-1;/p-1. The van der Waals surface area contributed by atoms with E-state index in [0.29, 0.717) is 0 Å². The van der Waals surface area contributed by atoms with Crippen molar-refractivity contribution in [3.63, 3.8) is 0 Å². The average Bonchev–Trinajstić information content (AvgIpc) is 1.66. The molecule has 0 atom stereocenters. The summed E-state index contributed by atoms with van der Waals surface area (Å²) in [7, 11) is 0. The van der Waals surface area contributed by atoms with E-state index < -0.39 is 10.2 Å². The molecule has 0 fully saturated rings. The van der Waals surface area contributed by atoms with E-state index in [0.717, 1.165) is 0 Å². The molecule has 0 aromatic rings. The summed E-state index contributed by atoms with van der Waals surface area (Å²) in [6, 6.07) is 0. The van der Waals surface area contributed by atoms with Gasteiger partial charge in [0, 0.05) is 0 Å². The molecule has 10 heavy (non-hydrogen) atoms. The molecular formula is HLaN2O7. The molecule has 0 heterocycles. The Balaban J connectivity index is -0.0000000787. The molecule has 0 aliphatic carbocycles. The molecule has 1 N–H and O–H groups in total. The van der Waals surface area contributed by atoms with Gasteiger partial charge in [0.1, 0.15) is 0 Å². The van der Waals surface area contributed by atoms with Gasteiger partial charge in [-0.15, -0.1) is 0 Å². The van der Waals surface area contributed by atoms with Crippen LogP contribution in [0.5, 0.6) is 0 Å². The van der Waals surface area contributed by atoms with Crippen molar-refractivity contribution in [3.05, 3.63) is 30.6 Å². The molecule has 0 aromatic carbocycles. The van der Waals surface area contributed by atoms with E-state index in [1.165, 1.54) is 0 Å². The van der Waals surface area contributed by atoms with Gasteiger partial charge in [-0.05, 0) is 0 Å². The van der Waals surface area contributed by atoms with Gasteiger partial charge in [0.2, 0.25) is 0 Å². The first kappa shape index (κ1) is 16.3. The number of hydrogen-bond acceptors (Lipinski definition) is 7. The summed E-state index contributed by atoms with van der Waals surface area (Å²) in [6.07, 6.45) is 0. The molecule has 0 rings (SSSR count). The monoisotopic (exact) mass is 280 g/mol. The summed E-state index contributed by atoms with van der Waals surface area (Å²) in [5.41, 5.74) is 0. The zero-order valence-corrected chi connectivity index (χ0v) is 7.99. The quantitative estimate of drug-likeness (QED) is 0.439. The van der Waals surface area contributed by atoms with Gasteiger partial charge in [0.05, 0.1) is 10.2 Å². The van der Waals surface area contributed by atoms with Crippen LogP contribution < -0.4 is 0 Å². The Morgan fingerprint density at radius 1 is 0.900 bits per heavy atom. The van der Waals surface area contributed by atoms with Crippen molar-refractivity contribution in [2.75, 3.05) is 0 Å². The molecule has 0 saturated heterocycles. The SMILES string of the molecule is O=[N+]([O-])[O-].O=[N+]([O-])[O-].[OH][La+2]. The third-order valence-corrected chi connectivity index (χ3v) is 0. The minimum absolute atomic E-state index is 0.167. The zero-order valence-electron chi connectivity index (χ0n) is 4.37. The normalized spacial score (nSPS) is 5.50. The summed E-state index contributed by atoms with van der Waals surface area (Å²) < 4.78 is 7.17. The van der Waals surface area contributed by atoms with Crippen molar-refractivity contribution < 1.29 is 46.5 Å². The molecule has 0 aliphatic rings. The first-order valence-electron chi connectivity index (χ1n) is 1.35. The Hall–Kier alpha value is -0.445. The Kier molecular flexibility index (Phi) is 25.8. The summed E-state index contributed by atoms with van der Waals surface area (Å²) >= 11 is 0.167.